The first-order chi connectivity index (χ1) is 17.0. The van der Waals surface area contributed by atoms with Crippen LogP contribution in [0, 0.1) is 6.92 Å². The summed E-state index contributed by atoms with van der Waals surface area (Å²) in [5, 5.41) is 4.97. The molecule has 9 heteroatoms. The Morgan fingerprint density at radius 1 is 1.09 bits per heavy atom. The monoisotopic (exact) mass is 488 g/mol. The number of nitrogens with one attached hydrogen (secondary N) is 1. The number of carbonyl (C=O) groups is 1. The molecule has 0 aliphatic carbocycles. The number of fused-ring (bicyclic) bond motifs is 1. The van der Waals surface area contributed by atoms with Crippen molar-refractivity contribution in [3.05, 3.63) is 88.2 Å². The van der Waals surface area contributed by atoms with Crippen molar-refractivity contribution in [1.82, 2.24) is 15.0 Å². The summed E-state index contributed by atoms with van der Waals surface area (Å²) in [4.78, 5) is 30.4. The van der Waals surface area contributed by atoms with Gasteiger partial charge in [-0.25, -0.2) is 10.4 Å². The Balaban J connectivity index is 1.53. The number of thioether (sulfide) groups is 1. The van der Waals surface area contributed by atoms with Crippen LogP contribution < -0.4 is 20.5 Å². The fourth-order valence-electron chi connectivity index (χ4n) is 3.39. The van der Waals surface area contributed by atoms with Crippen molar-refractivity contribution in [2.24, 2.45) is 5.10 Å². The summed E-state index contributed by atoms with van der Waals surface area (Å²) in [6, 6.07) is 20.0. The number of benzene rings is 3. The highest BCUT2D eigenvalue weighted by molar-refractivity contribution is 7.99. The minimum absolute atomic E-state index is 0.0216. The smallest absolute Gasteiger partial charge is 0.266 e. The van der Waals surface area contributed by atoms with Crippen molar-refractivity contribution in [2.45, 2.75) is 12.1 Å². The molecule has 1 N–H and O–H groups in total. The lowest BCUT2D eigenvalue weighted by atomic mass is 10.2. The lowest BCUT2D eigenvalue weighted by Crippen LogP contribution is -2.24. The fourth-order valence-corrected chi connectivity index (χ4v) is 4.20. The molecule has 0 unspecified atom stereocenters. The lowest BCUT2D eigenvalue weighted by molar-refractivity contribution is -0.118. The van der Waals surface area contributed by atoms with E-state index in [1.807, 2.05) is 37.3 Å². The van der Waals surface area contributed by atoms with Gasteiger partial charge in [0.05, 0.1) is 42.8 Å². The molecule has 1 heterocycles. The number of aryl methyl sites for hydroxylation is 1. The molecule has 0 atom stereocenters. The van der Waals surface area contributed by atoms with Crippen molar-refractivity contribution < 1.29 is 14.3 Å². The number of hydrogen-bond donors (Lipinski definition) is 1. The summed E-state index contributed by atoms with van der Waals surface area (Å²) in [5.74, 6) is 0.908. The number of hydrogen-bond acceptors (Lipinski definition) is 7. The molecule has 1 aromatic heterocycles. The Morgan fingerprint density at radius 3 is 2.60 bits per heavy atom. The Bertz CT molecular complexity index is 1450. The van der Waals surface area contributed by atoms with Gasteiger partial charge in [-0.3, -0.25) is 14.2 Å². The van der Waals surface area contributed by atoms with Gasteiger partial charge in [-0.2, -0.15) is 5.10 Å². The van der Waals surface area contributed by atoms with Gasteiger partial charge in [0.2, 0.25) is 0 Å². The van der Waals surface area contributed by atoms with Gasteiger partial charge in [-0.1, -0.05) is 41.6 Å². The van der Waals surface area contributed by atoms with Crippen molar-refractivity contribution in [2.75, 3.05) is 20.0 Å². The summed E-state index contributed by atoms with van der Waals surface area (Å²) < 4.78 is 12.0. The average Bonchev–Trinajstić information content (AvgIpc) is 2.88. The van der Waals surface area contributed by atoms with Crippen LogP contribution in [0.15, 0.2) is 81.8 Å². The number of aromatic nitrogens is 2. The van der Waals surface area contributed by atoms with Crippen LogP contribution in [0.1, 0.15) is 11.1 Å². The molecule has 4 rings (SSSR count). The summed E-state index contributed by atoms with van der Waals surface area (Å²) in [5.41, 5.74) is 5.35. The summed E-state index contributed by atoms with van der Waals surface area (Å²) in [7, 11) is 3.12. The zero-order chi connectivity index (χ0) is 24.8. The van der Waals surface area contributed by atoms with Crippen molar-refractivity contribution in [1.29, 1.82) is 0 Å². The lowest BCUT2D eigenvalue weighted by Gasteiger charge is -2.13. The Labute approximate surface area is 206 Å². The van der Waals surface area contributed by atoms with Crippen LogP contribution in [0.2, 0.25) is 0 Å². The first-order valence-corrected chi connectivity index (χ1v) is 11.7. The van der Waals surface area contributed by atoms with Crippen molar-refractivity contribution in [3.8, 4) is 17.2 Å². The van der Waals surface area contributed by atoms with E-state index in [0.717, 1.165) is 5.56 Å². The molecule has 0 fully saturated rings. The van der Waals surface area contributed by atoms with E-state index in [9.17, 15) is 9.59 Å². The second-order valence-corrected chi connectivity index (χ2v) is 8.52. The van der Waals surface area contributed by atoms with E-state index in [1.165, 1.54) is 22.5 Å². The third-order valence-electron chi connectivity index (χ3n) is 5.20. The van der Waals surface area contributed by atoms with Crippen LogP contribution in [-0.2, 0) is 4.79 Å². The quantitative estimate of drug-likeness (QED) is 0.175. The minimum Gasteiger partial charge on any atom is -0.497 e. The number of nitrogens with zero attached hydrogens (tertiary/aromatic N) is 3. The van der Waals surface area contributed by atoms with Crippen molar-refractivity contribution >= 4 is 34.8 Å². The zero-order valence-electron chi connectivity index (χ0n) is 19.5. The zero-order valence-corrected chi connectivity index (χ0v) is 20.3. The van der Waals surface area contributed by atoms with E-state index in [-0.39, 0.29) is 17.2 Å². The molecule has 4 aromatic rings. The highest BCUT2D eigenvalue weighted by atomic mass is 32.2. The summed E-state index contributed by atoms with van der Waals surface area (Å²) in [6.45, 7) is 1.98. The second-order valence-electron chi connectivity index (χ2n) is 7.58. The summed E-state index contributed by atoms with van der Waals surface area (Å²) in [6.07, 6.45) is 1.50. The number of amides is 1. The van der Waals surface area contributed by atoms with Gasteiger partial charge in [0, 0.05) is 11.6 Å². The molecule has 0 bridgehead atoms. The van der Waals surface area contributed by atoms with Crippen LogP contribution in [-0.4, -0.2) is 41.6 Å². The average molecular weight is 489 g/mol. The first-order valence-electron chi connectivity index (χ1n) is 10.8. The van der Waals surface area contributed by atoms with E-state index in [1.54, 1.807) is 50.6 Å². The SMILES string of the molecule is COc1ccc(/C=N/NC(=O)CSc2nc3ccccc3c(=O)n2-c2ccc(C)cc2)c(OC)c1. The van der Waals surface area contributed by atoms with Gasteiger partial charge in [-0.05, 0) is 43.3 Å². The van der Waals surface area contributed by atoms with Gasteiger partial charge in [0.25, 0.3) is 11.5 Å². The molecule has 3 aromatic carbocycles. The third-order valence-corrected chi connectivity index (χ3v) is 6.14. The van der Waals surface area contributed by atoms with E-state index >= 15 is 0 Å². The van der Waals surface area contributed by atoms with Crippen LogP contribution in [0.3, 0.4) is 0 Å². The second kappa shape index (κ2) is 10.9. The highest BCUT2D eigenvalue weighted by Gasteiger charge is 2.14. The van der Waals surface area contributed by atoms with Gasteiger partial charge in [0.1, 0.15) is 11.5 Å². The van der Waals surface area contributed by atoms with Crippen LogP contribution in [0.25, 0.3) is 16.6 Å². The largest absolute Gasteiger partial charge is 0.497 e. The predicted molar refractivity (Wildman–Crippen MR) is 138 cm³/mol. The predicted octanol–water partition coefficient (Wildman–Crippen LogP) is 3.95. The topological polar surface area (TPSA) is 94.8 Å². The van der Waals surface area contributed by atoms with Crippen LogP contribution in [0.5, 0.6) is 11.5 Å². The number of methoxy groups -OCH3 is 2. The number of ether oxygens (including phenoxy) is 2. The van der Waals surface area contributed by atoms with Gasteiger partial charge >= 0.3 is 0 Å². The van der Waals surface area contributed by atoms with Gasteiger partial charge in [-0.15, -0.1) is 0 Å². The number of carbonyl (C=O) groups excluding carboxylic acids is 1. The Kier molecular flexibility index (Phi) is 7.47. The van der Waals surface area contributed by atoms with Gasteiger partial charge < -0.3 is 9.47 Å². The van der Waals surface area contributed by atoms with E-state index in [4.69, 9.17) is 9.47 Å². The molecule has 1 amide bonds. The normalized spacial score (nSPS) is 11.1. The molecule has 0 saturated heterocycles. The molecule has 0 aliphatic heterocycles. The van der Waals surface area contributed by atoms with Gasteiger partial charge in [0.15, 0.2) is 5.16 Å². The molecule has 0 saturated carbocycles. The molecule has 0 radical (unpaired) electrons. The highest BCUT2D eigenvalue weighted by Crippen LogP contribution is 2.23. The van der Waals surface area contributed by atoms with E-state index in [2.05, 4.69) is 15.5 Å². The van der Waals surface area contributed by atoms with Crippen LogP contribution in [0.4, 0.5) is 0 Å². The first kappa shape index (κ1) is 24.0. The van der Waals surface area contributed by atoms with Crippen molar-refractivity contribution in [3.63, 3.8) is 0 Å². The maximum Gasteiger partial charge on any atom is 0.266 e. The third kappa shape index (κ3) is 5.52. The maximum atomic E-state index is 13.3. The summed E-state index contributed by atoms with van der Waals surface area (Å²) >= 11 is 1.17. The van der Waals surface area contributed by atoms with Crippen LogP contribution >= 0.6 is 11.8 Å². The standard InChI is InChI=1S/C26H24N4O4S/c1-17-8-11-19(12-9-17)30-25(32)21-6-4-5-7-22(21)28-26(30)35-16-24(31)29-27-15-18-10-13-20(33-2)14-23(18)34-3/h4-15H,16H2,1-3H3,(H,29,31)/b27-15+. The maximum absolute atomic E-state index is 13.3. The minimum atomic E-state index is -0.336. The molecule has 0 spiro atoms. The Morgan fingerprint density at radius 2 is 1.86 bits per heavy atom. The number of hydrazone groups is 1. The molecule has 178 valence electrons. The number of rotatable bonds is 8. The fraction of sp³-hybridized carbons (Fsp3) is 0.154. The molecule has 35 heavy (non-hydrogen) atoms. The van der Waals surface area contributed by atoms with E-state index in [0.29, 0.717) is 38.8 Å². The molecular weight excluding hydrogens is 464 g/mol. The number of para-hydroxylation sites is 1. The van der Waals surface area contributed by atoms with E-state index < -0.39 is 0 Å². The molecule has 0 aliphatic rings. The molecule has 8 nitrogen and oxygen atoms in total. The molecular formula is C26H24N4O4S. The Hall–Kier alpha value is -4.11.